The van der Waals surface area contributed by atoms with Gasteiger partial charge in [0.15, 0.2) is 6.10 Å². The molecule has 11 heteroatoms. The summed E-state index contributed by atoms with van der Waals surface area (Å²) in [6.45, 7) is 1.40. The Kier molecular flexibility index (Phi) is 7.44. The minimum atomic E-state index is -1.11. The highest BCUT2D eigenvalue weighted by Gasteiger charge is 2.20. The van der Waals surface area contributed by atoms with Crippen LogP contribution in [0.2, 0.25) is 5.02 Å². The number of hydrogen-bond acceptors (Lipinski definition) is 7. The van der Waals surface area contributed by atoms with Gasteiger partial charge < -0.3 is 20.5 Å². The quantitative estimate of drug-likeness (QED) is 0.275. The number of ether oxygens (including phenoxy) is 2. The van der Waals surface area contributed by atoms with Crippen LogP contribution in [0.15, 0.2) is 66.7 Å². The van der Waals surface area contributed by atoms with Crippen molar-refractivity contribution in [3.63, 3.8) is 0 Å². The van der Waals surface area contributed by atoms with Gasteiger partial charge in [-0.05, 0) is 67.6 Å². The minimum absolute atomic E-state index is 0.0149. The summed E-state index contributed by atoms with van der Waals surface area (Å²) in [6, 6.07) is 15.5. The van der Waals surface area contributed by atoms with Crippen molar-refractivity contribution >= 4 is 40.8 Å². The van der Waals surface area contributed by atoms with Gasteiger partial charge in [-0.2, -0.15) is 0 Å². The third-order valence-corrected chi connectivity index (χ3v) is 4.76. The maximum absolute atomic E-state index is 12.4. The fourth-order valence-corrected chi connectivity index (χ4v) is 2.92. The van der Waals surface area contributed by atoms with Crippen LogP contribution in [0, 0.1) is 10.1 Å². The Hall–Kier alpha value is -4.44. The van der Waals surface area contributed by atoms with Crippen molar-refractivity contribution in [2.75, 3.05) is 5.32 Å². The molecule has 0 fully saturated rings. The molecule has 2 amide bonds. The first-order chi connectivity index (χ1) is 16.1. The molecular formula is C23H18ClN3O7. The molecular weight excluding hydrogens is 466 g/mol. The number of benzene rings is 3. The van der Waals surface area contributed by atoms with E-state index in [4.69, 9.17) is 26.8 Å². The van der Waals surface area contributed by atoms with Gasteiger partial charge in [-0.15, -0.1) is 0 Å². The zero-order valence-electron chi connectivity index (χ0n) is 17.7. The van der Waals surface area contributed by atoms with E-state index in [1.165, 1.54) is 73.7 Å². The maximum Gasteiger partial charge on any atom is 0.338 e. The normalized spacial score (nSPS) is 11.2. The number of primary amides is 1. The van der Waals surface area contributed by atoms with Crippen LogP contribution in [-0.2, 0) is 9.53 Å². The van der Waals surface area contributed by atoms with E-state index >= 15 is 0 Å². The molecule has 0 bridgehead atoms. The number of nitro groups is 1. The number of halogens is 1. The molecule has 1 unspecified atom stereocenters. The van der Waals surface area contributed by atoms with E-state index in [0.717, 1.165) is 0 Å². The van der Waals surface area contributed by atoms with E-state index < -0.39 is 28.8 Å². The minimum Gasteiger partial charge on any atom is -0.450 e. The van der Waals surface area contributed by atoms with E-state index in [9.17, 15) is 24.5 Å². The zero-order chi connectivity index (χ0) is 24.8. The number of nitrogens with zero attached hydrogens (tertiary/aromatic N) is 1. The number of esters is 1. The number of rotatable bonds is 8. The largest absolute Gasteiger partial charge is 0.450 e. The number of anilines is 1. The van der Waals surface area contributed by atoms with E-state index in [-0.39, 0.29) is 33.3 Å². The summed E-state index contributed by atoms with van der Waals surface area (Å²) in [5.74, 6) is -1.69. The summed E-state index contributed by atoms with van der Waals surface area (Å²) in [5, 5.41) is 13.9. The molecule has 3 aromatic carbocycles. The smallest absolute Gasteiger partial charge is 0.338 e. The average Bonchev–Trinajstić information content (AvgIpc) is 2.80. The molecule has 0 radical (unpaired) electrons. The lowest BCUT2D eigenvalue weighted by molar-refractivity contribution is -0.385. The van der Waals surface area contributed by atoms with Crippen LogP contribution in [-0.4, -0.2) is 28.8 Å². The Balaban J connectivity index is 1.60. The summed E-state index contributed by atoms with van der Waals surface area (Å²) in [7, 11) is 0. The van der Waals surface area contributed by atoms with Gasteiger partial charge in [0.25, 0.3) is 5.91 Å². The molecule has 1 atom stereocenters. The lowest BCUT2D eigenvalue weighted by Crippen LogP contribution is -2.30. The summed E-state index contributed by atoms with van der Waals surface area (Å²) in [6.07, 6.45) is -1.11. The number of amides is 2. The van der Waals surface area contributed by atoms with E-state index in [2.05, 4.69) is 5.32 Å². The maximum atomic E-state index is 12.4. The van der Waals surface area contributed by atoms with Gasteiger partial charge >= 0.3 is 11.7 Å². The second kappa shape index (κ2) is 10.5. The van der Waals surface area contributed by atoms with Crippen LogP contribution in [0.4, 0.5) is 11.4 Å². The first-order valence-corrected chi connectivity index (χ1v) is 10.2. The van der Waals surface area contributed by atoms with Gasteiger partial charge in [-0.25, -0.2) is 4.79 Å². The van der Waals surface area contributed by atoms with Gasteiger partial charge in [-0.1, -0.05) is 11.6 Å². The van der Waals surface area contributed by atoms with Gasteiger partial charge in [0.1, 0.15) is 5.75 Å². The molecule has 10 nitrogen and oxygen atoms in total. The molecule has 0 saturated carbocycles. The third-order valence-electron chi connectivity index (χ3n) is 4.53. The van der Waals surface area contributed by atoms with E-state index in [1.807, 2.05) is 0 Å². The van der Waals surface area contributed by atoms with Gasteiger partial charge in [0.2, 0.25) is 11.7 Å². The molecule has 0 saturated heterocycles. The van der Waals surface area contributed by atoms with Crippen molar-refractivity contribution in [3.8, 4) is 11.5 Å². The Bertz CT molecular complexity index is 1240. The molecule has 0 aliphatic heterocycles. The van der Waals surface area contributed by atoms with Crippen LogP contribution in [0.1, 0.15) is 27.6 Å². The molecule has 0 aliphatic carbocycles. The Morgan fingerprint density at radius 1 is 1.00 bits per heavy atom. The molecule has 34 heavy (non-hydrogen) atoms. The van der Waals surface area contributed by atoms with Crippen molar-refractivity contribution in [1.82, 2.24) is 0 Å². The Morgan fingerprint density at radius 3 is 2.21 bits per heavy atom. The Morgan fingerprint density at radius 2 is 1.62 bits per heavy atom. The number of nitrogens with one attached hydrogen (secondary N) is 1. The molecule has 3 rings (SSSR count). The molecule has 0 spiro atoms. The van der Waals surface area contributed by atoms with Gasteiger partial charge in [-0.3, -0.25) is 19.7 Å². The predicted molar refractivity (Wildman–Crippen MR) is 123 cm³/mol. The van der Waals surface area contributed by atoms with Crippen molar-refractivity contribution < 1.29 is 28.8 Å². The van der Waals surface area contributed by atoms with Crippen molar-refractivity contribution in [1.29, 1.82) is 0 Å². The van der Waals surface area contributed by atoms with Gasteiger partial charge in [0, 0.05) is 22.3 Å². The van der Waals surface area contributed by atoms with Crippen molar-refractivity contribution in [2.24, 2.45) is 5.73 Å². The number of nitrogens with two attached hydrogens (primary N) is 1. The van der Waals surface area contributed by atoms with Crippen LogP contribution in [0.3, 0.4) is 0 Å². The third kappa shape index (κ3) is 6.08. The lowest BCUT2D eigenvalue weighted by Gasteiger charge is -2.14. The summed E-state index contributed by atoms with van der Waals surface area (Å²) in [5.41, 5.74) is 5.69. The van der Waals surface area contributed by atoms with Crippen molar-refractivity contribution in [3.05, 3.63) is 93.0 Å². The standard InChI is InChI=1S/C23H18ClN3O7/c1-13(22(29)26-17-7-2-14(3-8-17)21(25)28)33-23(30)15-4-9-18(10-5-15)34-20-11-6-16(24)12-19(20)27(31)32/h2-13H,1H3,(H2,25,28)(H,26,29). The number of carbonyl (C=O) groups is 3. The topological polar surface area (TPSA) is 151 Å². The molecule has 0 aliphatic rings. The Labute approximate surface area is 198 Å². The highest BCUT2D eigenvalue weighted by molar-refractivity contribution is 6.30. The van der Waals surface area contributed by atoms with E-state index in [0.29, 0.717) is 5.69 Å². The van der Waals surface area contributed by atoms with Crippen LogP contribution in [0.5, 0.6) is 11.5 Å². The van der Waals surface area contributed by atoms with Gasteiger partial charge in [0.05, 0.1) is 10.5 Å². The highest BCUT2D eigenvalue weighted by Crippen LogP contribution is 2.33. The second-order valence-corrected chi connectivity index (χ2v) is 7.41. The summed E-state index contributed by atoms with van der Waals surface area (Å²) in [4.78, 5) is 46.3. The summed E-state index contributed by atoms with van der Waals surface area (Å²) >= 11 is 5.79. The first kappa shape index (κ1) is 24.2. The van der Waals surface area contributed by atoms with Crippen LogP contribution >= 0.6 is 11.6 Å². The zero-order valence-corrected chi connectivity index (χ0v) is 18.4. The molecule has 3 aromatic rings. The second-order valence-electron chi connectivity index (χ2n) is 6.97. The lowest BCUT2D eigenvalue weighted by atomic mass is 10.2. The highest BCUT2D eigenvalue weighted by atomic mass is 35.5. The average molecular weight is 484 g/mol. The fraction of sp³-hybridized carbons (Fsp3) is 0.0870. The monoisotopic (exact) mass is 483 g/mol. The van der Waals surface area contributed by atoms with Crippen LogP contribution < -0.4 is 15.8 Å². The summed E-state index contributed by atoms with van der Waals surface area (Å²) < 4.78 is 10.7. The first-order valence-electron chi connectivity index (χ1n) is 9.77. The number of carbonyl (C=O) groups excluding carboxylic acids is 3. The molecule has 0 heterocycles. The SMILES string of the molecule is CC(OC(=O)c1ccc(Oc2ccc(Cl)cc2[N+](=O)[O-])cc1)C(=O)Nc1ccc(C(N)=O)cc1. The molecule has 0 aromatic heterocycles. The van der Waals surface area contributed by atoms with Crippen LogP contribution in [0.25, 0.3) is 0 Å². The predicted octanol–water partition coefficient (Wildman–Crippen LogP) is 4.32. The van der Waals surface area contributed by atoms with Crippen molar-refractivity contribution in [2.45, 2.75) is 13.0 Å². The molecule has 3 N–H and O–H groups in total. The van der Waals surface area contributed by atoms with E-state index in [1.54, 1.807) is 0 Å². The number of nitro benzene ring substituents is 1. The molecule has 174 valence electrons. The number of hydrogen-bond donors (Lipinski definition) is 2. The fourth-order valence-electron chi connectivity index (χ4n) is 2.75.